The van der Waals surface area contributed by atoms with Crippen molar-refractivity contribution in [1.82, 2.24) is 0 Å². The summed E-state index contributed by atoms with van der Waals surface area (Å²) < 4.78 is 5.16. The van der Waals surface area contributed by atoms with Crippen molar-refractivity contribution in [2.75, 3.05) is 23.1 Å². The first-order valence-corrected chi connectivity index (χ1v) is 8.02. The minimum absolute atomic E-state index is 0.201. The largest absolute Gasteiger partial charge is 0.495 e. The third-order valence-electron chi connectivity index (χ3n) is 3.40. The Balaban J connectivity index is 2.05. The second-order valence-corrected chi connectivity index (χ2v) is 5.88. The van der Waals surface area contributed by atoms with Crippen LogP contribution in [0.4, 0.5) is 17.1 Å². The van der Waals surface area contributed by atoms with Gasteiger partial charge in [0.05, 0.1) is 12.8 Å². The Morgan fingerprint density at radius 3 is 2.00 bits per heavy atom. The maximum Gasteiger partial charge on any atom is 0.314 e. The van der Waals surface area contributed by atoms with Crippen molar-refractivity contribution >= 4 is 46.4 Å². The molecule has 2 aromatic carbocycles. The van der Waals surface area contributed by atoms with Crippen LogP contribution < -0.4 is 20.7 Å². The lowest BCUT2D eigenvalue weighted by Gasteiger charge is -2.12. The molecule has 0 spiro atoms. The van der Waals surface area contributed by atoms with Crippen molar-refractivity contribution < 1.29 is 19.1 Å². The molecule has 3 amide bonds. The minimum atomic E-state index is -0.851. The van der Waals surface area contributed by atoms with E-state index >= 15 is 0 Å². The molecular weight excluding hydrogens is 358 g/mol. The zero-order valence-corrected chi connectivity index (χ0v) is 15.2. The van der Waals surface area contributed by atoms with E-state index in [0.29, 0.717) is 27.8 Å². The van der Waals surface area contributed by atoms with Gasteiger partial charge in [-0.3, -0.25) is 14.4 Å². The number of carbonyl (C=O) groups is 3. The van der Waals surface area contributed by atoms with Gasteiger partial charge in [0.2, 0.25) is 5.91 Å². The fraction of sp³-hybridized carbons (Fsp3) is 0.167. The molecule has 136 valence electrons. The SMILES string of the molecule is COc1cc(Cl)c(C)cc1NC(=O)C(=O)Nc1ccc(NC(C)=O)cc1. The van der Waals surface area contributed by atoms with Gasteiger partial charge < -0.3 is 20.7 Å². The Bertz CT molecular complexity index is 850. The van der Waals surface area contributed by atoms with E-state index in [0.717, 1.165) is 5.56 Å². The van der Waals surface area contributed by atoms with Crippen LogP contribution in [-0.4, -0.2) is 24.8 Å². The van der Waals surface area contributed by atoms with Crippen LogP contribution in [0.25, 0.3) is 0 Å². The van der Waals surface area contributed by atoms with Crippen molar-refractivity contribution in [2.45, 2.75) is 13.8 Å². The average molecular weight is 376 g/mol. The summed E-state index contributed by atoms with van der Waals surface area (Å²) in [6, 6.07) is 9.55. The molecule has 0 aliphatic carbocycles. The normalized spacial score (nSPS) is 10.0. The molecule has 3 N–H and O–H groups in total. The number of rotatable bonds is 4. The standard InChI is InChI=1S/C18H18ClN3O4/c1-10-8-15(16(26-3)9-14(10)19)22-18(25)17(24)21-13-6-4-12(5-7-13)20-11(2)23/h4-9H,1-3H3,(H,20,23)(H,21,24)(H,22,25). The van der Waals surface area contributed by atoms with Gasteiger partial charge >= 0.3 is 11.8 Å². The third-order valence-corrected chi connectivity index (χ3v) is 3.81. The van der Waals surface area contributed by atoms with Crippen LogP contribution >= 0.6 is 11.6 Å². The highest BCUT2D eigenvalue weighted by Crippen LogP contribution is 2.30. The topological polar surface area (TPSA) is 96.5 Å². The number of anilines is 3. The van der Waals surface area contributed by atoms with Crippen LogP contribution in [0.1, 0.15) is 12.5 Å². The van der Waals surface area contributed by atoms with Crippen LogP contribution in [-0.2, 0) is 14.4 Å². The Labute approximate surface area is 155 Å². The van der Waals surface area contributed by atoms with Crippen LogP contribution in [0, 0.1) is 6.92 Å². The van der Waals surface area contributed by atoms with Gasteiger partial charge in [-0.25, -0.2) is 0 Å². The van der Waals surface area contributed by atoms with Crippen molar-refractivity contribution in [1.29, 1.82) is 0 Å². The van der Waals surface area contributed by atoms with E-state index in [1.807, 2.05) is 0 Å². The number of aryl methyl sites for hydroxylation is 1. The quantitative estimate of drug-likeness (QED) is 0.715. The Kier molecular flexibility index (Phi) is 6.19. The number of ether oxygens (including phenoxy) is 1. The highest BCUT2D eigenvalue weighted by atomic mass is 35.5. The van der Waals surface area contributed by atoms with Gasteiger partial charge in [0.25, 0.3) is 0 Å². The summed E-state index contributed by atoms with van der Waals surface area (Å²) in [6.45, 7) is 3.17. The first-order chi connectivity index (χ1) is 12.3. The van der Waals surface area contributed by atoms with E-state index < -0.39 is 11.8 Å². The number of amides is 3. The first-order valence-electron chi connectivity index (χ1n) is 7.64. The van der Waals surface area contributed by atoms with E-state index in [1.165, 1.54) is 14.0 Å². The van der Waals surface area contributed by atoms with Crippen LogP contribution in [0.5, 0.6) is 5.75 Å². The molecule has 0 saturated carbocycles. The third kappa shape index (κ3) is 4.97. The Hall–Kier alpha value is -3.06. The van der Waals surface area contributed by atoms with E-state index in [2.05, 4.69) is 16.0 Å². The van der Waals surface area contributed by atoms with Crippen LogP contribution in [0.2, 0.25) is 5.02 Å². The molecule has 0 saturated heterocycles. The van der Waals surface area contributed by atoms with E-state index in [4.69, 9.17) is 16.3 Å². The zero-order valence-electron chi connectivity index (χ0n) is 14.5. The smallest absolute Gasteiger partial charge is 0.314 e. The van der Waals surface area contributed by atoms with Gasteiger partial charge in [-0.15, -0.1) is 0 Å². The lowest BCUT2D eigenvalue weighted by Crippen LogP contribution is -2.29. The molecule has 7 nitrogen and oxygen atoms in total. The van der Waals surface area contributed by atoms with Crippen molar-refractivity contribution in [3.8, 4) is 5.75 Å². The van der Waals surface area contributed by atoms with Crippen molar-refractivity contribution in [3.05, 3.63) is 47.0 Å². The van der Waals surface area contributed by atoms with Gasteiger partial charge in [-0.1, -0.05) is 11.6 Å². The molecule has 0 unspecified atom stereocenters. The number of nitrogens with one attached hydrogen (secondary N) is 3. The summed E-state index contributed by atoms with van der Waals surface area (Å²) in [7, 11) is 1.44. The minimum Gasteiger partial charge on any atom is -0.495 e. The summed E-state index contributed by atoms with van der Waals surface area (Å²) in [5, 5.41) is 8.07. The zero-order chi connectivity index (χ0) is 19.3. The van der Waals surface area contributed by atoms with E-state index in [9.17, 15) is 14.4 Å². The molecule has 0 aliphatic rings. The average Bonchev–Trinajstić information content (AvgIpc) is 2.59. The number of hydrogen-bond donors (Lipinski definition) is 3. The lowest BCUT2D eigenvalue weighted by molar-refractivity contribution is -0.133. The summed E-state index contributed by atoms with van der Waals surface area (Å²) in [6.07, 6.45) is 0. The predicted octanol–water partition coefficient (Wildman–Crippen LogP) is 3.19. The number of methoxy groups -OCH3 is 1. The predicted molar refractivity (Wildman–Crippen MR) is 101 cm³/mol. The fourth-order valence-corrected chi connectivity index (χ4v) is 2.29. The van der Waals surface area contributed by atoms with Gasteiger partial charge in [-0.05, 0) is 42.8 Å². The van der Waals surface area contributed by atoms with Crippen LogP contribution in [0.3, 0.4) is 0 Å². The van der Waals surface area contributed by atoms with Crippen molar-refractivity contribution in [3.63, 3.8) is 0 Å². The molecule has 0 aromatic heterocycles. The maximum absolute atomic E-state index is 12.1. The molecule has 2 aromatic rings. The molecule has 2 rings (SSSR count). The van der Waals surface area contributed by atoms with Crippen molar-refractivity contribution in [2.24, 2.45) is 0 Å². The first kappa shape index (κ1) is 19.3. The van der Waals surface area contributed by atoms with E-state index in [-0.39, 0.29) is 5.91 Å². The molecule has 0 bridgehead atoms. The molecule has 0 radical (unpaired) electrons. The Morgan fingerprint density at radius 2 is 1.46 bits per heavy atom. The van der Waals surface area contributed by atoms with Gasteiger partial charge in [0, 0.05) is 29.4 Å². The monoisotopic (exact) mass is 375 g/mol. The Morgan fingerprint density at radius 1 is 0.923 bits per heavy atom. The molecule has 0 fully saturated rings. The summed E-state index contributed by atoms with van der Waals surface area (Å²) in [5.41, 5.74) is 2.08. The number of carbonyl (C=O) groups excluding carboxylic acids is 3. The van der Waals surface area contributed by atoms with Gasteiger partial charge in [0.1, 0.15) is 5.75 Å². The van der Waals surface area contributed by atoms with Crippen LogP contribution in [0.15, 0.2) is 36.4 Å². The molecular formula is C18H18ClN3O4. The molecule has 0 aliphatic heterocycles. The highest BCUT2D eigenvalue weighted by Gasteiger charge is 2.17. The molecule has 0 atom stereocenters. The summed E-state index contributed by atoms with van der Waals surface area (Å²) in [4.78, 5) is 35.2. The summed E-state index contributed by atoms with van der Waals surface area (Å²) >= 11 is 6.02. The maximum atomic E-state index is 12.1. The fourth-order valence-electron chi connectivity index (χ4n) is 2.14. The second kappa shape index (κ2) is 8.35. The molecule has 8 heteroatoms. The van der Waals surface area contributed by atoms with Gasteiger partial charge in [-0.2, -0.15) is 0 Å². The molecule has 0 heterocycles. The van der Waals surface area contributed by atoms with E-state index in [1.54, 1.807) is 43.3 Å². The number of hydrogen-bond acceptors (Lipinski definition) is 4. The second-order valence-electron chi connectivity index (χ2n) is 5.47. The van der Waals surface area contributed by atoms with Gasteiger partial charge in [0.15, 0.2) is 0 Å². The molecule has 26 heavy (non-hydrogen) atoms. The summed E-state index contributed by atoms with van der Waals surface area (Å²) in [5.74, 6) is -1.54. The number of benzene rings is 2. The highest BCUT2D eigenvalue weighted by molar-refractivity contribution is 6.43. The number of halogens is 1. The lowest BCUT2D eigenvalue weighted by atomic mass is 10.2.